The average molecular weight is 495 g/mol. The molecule has 5 aromatic rings. The third-order valence-electron chi connectivity index (χ3n) is 6.78. The third kappa shape index (κ3) is 4.77. The van der Waals surface area contributed by atoms with Crippen LogP contribution in [0.5, 0.6) is 5.75 Å². The zero-order valence-corrected chi connectivity index (χ0v) is 20.2. The highest BCUT2D eigenvalue weighted by Crippen LogP contribution is 2.38. The van der Waals surface area contributed by atoms with Gasteiger partial charge in [0.1, 0.15) is 17.9 Å². The fraction of sp³-hybridized carbons (Fsp3) is 0.259. The average Bonchev–Trinajstić information content (AvgIpc) is 3.63. The molecule has 0 radical (unpaired) electrons. The molecule has 3 heterocycles. The number of carbonyl (C=O) groups is 1. The Hall–Kier alpha value is -4.60. The van der Waals surface area contributed by atoms with Crippen LogP contribution in [0.4, 0.5) is 5.95 Å². The Balaban J connectivity index is 1.33. The number of rotatable bonds is 7. The Morgan fingerprint density at radius 1 is 1.03 bits per heavy atom. The molecule has 10 heteroatoms. The fourth-order valence-electron chi connectivity index (χ4n) is 4.96. The topological polar surface area (TPSA) is 123 Å². The maximum absolute atomic E-state index is 12.9. The molecule has 0 unspecified atom stereocenters. The van der Waals surface area contributed by atoms with E-state index in [1.807, 2.05) is 53.2 Å². The number of anilines is 1. The zero-order valence-electron chi connectivity index (χ0n) is 20.2. The monoisotopic (exact) mass is 494 g/mol. The number of fused-ring (bicyclic) bond motifs is 1. The Morgan fingerprint density at radius 2 is 1.84 bits per heavy atom. The molecule has 2 N–H and O–H groups in total. The van der Waals surface area contributed by atoms with Crippen molar-refractivity contribution in [2.75, 3.05) is 5.32 Å². The van der Waals surface area contributed by atoms with E-state index in [-0.39, 0.29) is 11.9 Å². The van der Waals surface area contributed by atoms with Crippen molar-refractivity contribution in [1.82, 2.24) is 35.2 Å². The number of amides is 1. The molecule has 37 heavy (non-hydrogen) atoms. The second-order valence-corrected chi connectivity index (χ2v) is 9.17. The van der Waals surface area contributed by atoms with Gasteiger partial charge in [-0.25, -0.2) is 9.50 Å². The van der Waals surface area contributed by atoms with E-state index < -0.39 is 0 Å². The van der Waals surface area contributed by atoms with Crippen LogP contribution in [0.2, 0.25) is 0 Å². The molecule has 0 aliphatic heterocycles. The number of tetrazole rings is 1. The van der Waals surface area contributed by atoms with Crippen LogP contribution in [0, 0.1) is 0 Å². The first-order chi connectivity index (χ1) is 18.3. The summed E-state index contributed by atoms with van der Waals surface area (Å²) in [6.07, 6.45) is 9.15. The lowest BCUT2D eigenvalue weighted by molar-refractivity contribution is 0.102. The van der Waals surface area contributed by atoms with Gasteiger partial charge in [-0.3, -0.25) is 10.1 Å². The van der Waals surface area contributed by atoms with E-state index in [1.165, 1.54) is 19.3 Å². The summed E-state index contributed by atoms with van der Waals surface area (Å²) in [5.74, 6) is 0.853. The molecule has 1 saturated carbocycles. The number of H-pyrrole nitrogens is 1. The molecule has 0 atom stereocenters. The van der Waals surface area contributed by atoms with Crippen LogP contribution in [0.1, 0.15) is 59.6 Å². The van der Waals surface area contributed by atoms with Crippen molar-refractivity contribution in [3.63, 3.8) is 0 Å². The zero-order chi connectivity index (χ0) is 25.0. The molecule has 0 saturated heterocycles. The summed E-state index contributed by atoms with van der Waals surface area (Å²) in [5.41, 5.74) is 5.13. The molecule has 1 amide bonds. The normalized spacial score (nSPS) is 14.1. The van der Waals surface area contributed by atoms with Crippen LogP contribution in [-0.4, -0.2) is 41.1 Å². The number of ether oxygens (including phenoxy) is 1. The van der Waals surface area contributed by atoms with Crippen molar-refractivity contribution in [3.05, 3.63) is 83.8 Å². The molecule has 2 aromatic carbocycles. The number of nitrogens with one attached hydrogen (secondary N) is 2. The molecule has 0 bridgehead atoms. The molecule has 10 nitrogen and oxygen atoms in total. The highest BCUT2D eigenvalue weighted by atomic mass is 16.5. The molecule has 1 aliphatic carbocycles. The van der Waals surface area contributed by atoms with Crippen molar-refractivity contribution < 1.29 is 9.53 Å². The predicted molar refractivity (Wildman–Crippen MR) is 137 cm³/mol. The van der Waals surface area contributed by atoms with Gasteiger partial charge in [0.25, 0.3) is 11.9 Å². The van der Waals surface area contributed by atoms with Gasteiger partial charge in [-0.05, 0) is 41.3 Å². The summed E-state index contributed by atoms with van der Waals surface area (Å²) < 4.78 is 7.81. The van der Waals surface area contributed by atoms with Gasteiger partial charge in [0.15, 0.2) is 5.65 Å². The first kappa shape index (κ1) is 22.8. The van der Waals surface area contributed by atoms with E-state index in [0.717, 1.165) is 41.0 Å². The number of carbonyl (C=O) groups excluding carboxylic acids is 1. The summed E-state index contributed by atoms with van der Waals surface area (Å²) in [5, 5.41) is 20.6. The fourth-order valence-corrected chi connectivity index (χ4v) is 4.96. The van der Waals surface area contributed by atoms with Crippen LogP contribution in [0.15, 0.2) is 67.0 Å². The van der Waals surface area contributed by atoms with Crippen LogP contribution in [0.3, 0.4) is 0 Å². The van der Waals surface area contributed by atoms with Crippen LogP contribution >= 0.6 is 0 Å². The van der Waals surface area contributed by atoms with Crippen molar-refractivity contribution in [3.8, 4) is 16.9 Å². The number of benzene rings is 2. The summed E-state index contributed by atoms with van der Waals surface area (Å²) in [7, 11) is 0. The van der Waals surface area contributed by atoms with Gasteiger partial charge in [0, 0.05) is 17.7 Å². The van der Waals surface area contributed by atoms with Gasteiger partial charge < -0.3 is 4.74 Å². The van der Waals surface area contributed by atoms with Crippen molar-refractivity contribution in [2.45, 2.75) is 44.6 Å². The van der Waals surface area contributed by atoms with Crippen LogP contribution < -0.4 is 10.1 Å². The Kier molecular flexibility index (Phi) is 6.28. The number of aromatic amines is 1. The maximum Gasteiger partial charge on any atom is 0.270 e. The number of aromatic nitrogens is 7. The highest BCUT2D eigenvalue weighted by Gasteiger charge is 2.26. The largest absolute Gasteiger partial charge is 0.489 e. The second-order valence-electron chi connectivity index (χ2n) is 9.17. The van der Waals surface area contributed by atoms with E-state index in [2.05, 4.69) is 48.2 Å². The molecule has 3 aromatic heterocycles. The Bertz CT molecular complexity index is 1490. The third-order valence-corrected chi connectivity index (χ3v) is 6.78. The van der Waals surface area contributed by atoms with Crippen LogP contribution in [0.25, 0.3) is 16.8 Å². The smallest absolute Gasteiger partial charge is 0.270 e. The number of hydrogen-bond donors (Lipinski definition) is 2. The molecule has 1 fully saturated rings. The minimum absolute atomic E-state index is 0.100. The second kappa shape index (κ2) is 10.2. The van der Waals surface area contributed by atoms with Gasteiger partial charge in [-0.1, -0.05) is 66.8 Å². The standard InChI is InChI=1S/C27H26N8O2/c36-26(30-27-31-33-34-32-27)23-16-29-35-24(20-9-5-2-6-10-20)22(15-28-25(23)35)19-11-13-21(14-12-19)37-17-18-7-3-1-4-8-18/h1,3-4,7-8,11-16,20H,2,5-6,9-10,17H2,(H2,30,31,32,33,34,36). The number of nitrogens with zero attached hydrogens (tertiary/aromatic N) is 6. The van der Waals surface area contributed by atoms with Crippen molar-refractivity contribution in [2.24, 2.45) is 0 Å². The summed E-state index contributed by atoms with van der Waals surface area (Å²) in [6, 6.07) is 18.2. The van der Waals surface area contributed by atoms with E-state index in [1.54, 1.807) is 6.20 Å². The van der Waals surface area contributed by atoms with E-state index in [9.17, 15) is 4.79 Å². The quantitative estimate of drug-likeness (QED) is 0.333. The maximum atomic E-state index is 12.9. The van der Waals surface area contributed by atoms with E-state index in [4.69, 9.17) is 4.74 Å². The molecule has 1 aliphatic rings. The molecule has 0 spiro atoms. The minimum Gasteiger partial charge on any atom is -0.489 e. The molecule has 6 rings (SSSR count). The van der Waals surface area contributed by atoms with Gasteiger partial charge in [0.05, 0.1) is 11.9 Å². The van der Waals surface area contributed by atoms with E-state index in [0.29, 0.717) is 23.7 Å². The molecular formula is C27H26N8O2. The molecular weight excluding hydrogens is 468 g/mol. The highest BCUT2D eigenvalue weighted by molar-refractivity contribution is 6.07. The van der Waals surface area contributed by atoms with Crippen molar-refractivity contribution >= 4 is 17.5 Å². The van der Waals surface area contributed by atoms with Gasteiger partial charge in [-0.15, -0.1) is 5.10 Å². The van der Waals surface area contributed by atoms with Gasteiger partial charge in [0.2, 0.25) is 0 Å². The van der Waals surface area contributed by atoms with Crippen LogP contribution in [-0.2, 0) is 6.61 Å². The Labute approximate surface area is 213 Å². The van der Waals surface area contributed by atoms with Gasteiger partial charge in [-0.2, -0.15) is 10.3 Å². The lowest BCUT2D eigenvalue weighted by atomic mass is 9.84. The SMILES string of the molecule is O=C(Nc1nn[nH]n1)c1cnn2c(C3CCCCC3)c(-c3ccc(OCc4ccccc4)cc3)cnc12. The minimum atomic E-state index is -0.383. The summed E-state index contributed by atoms with van der Waals surface area (Å²) in [6.45, 7) is 0.517. The predicted octanol–water partition coefficient (Wildman–Crippen LogP) is 4.79. The molecule has 186 valence electrons. The lowest BCUT2D eigenvalue weighted by Crippen LogP contribution is -2.15. The number of hydrogen-bond acceptors (Lipinski definition) is 7. The Morgan fingerprint density at radius 3 is 2.59 bits per heavy atom. The first-order valence-electron chi connectivity index (χ1n) is 12.4. The first-order valence-corrected chi connectivity index (χ1v) is 12.4. The van der Waals surface area contributed by atoms with Crippen molar-refractivity contribution in [1.29, 1.82) is 0 Å². The summed E-state index contributed by atoms with van der Waals surface area (Å²) in [4.78, 5) is 17.6. The summed E-state index contributed by atoms with van der Waals surface area (Å²) >= 11 is 0. The lowest BCUT2D eigenvalue weighted by Gasteiger charge is -2.25. The van der Waals surface area contributed by atoms with Gasteiger partial charge >= 0.3 is 0 Å². The van der Waals surface area contributed by atoms with E-state index >= 15 is 0 Å².